The van der Waals surface area contributed by atoms with E-state index >= 15 is 0 Å². The van der Waals surface area contributed by atoms with Gasteiger partial charge in [0.15, 0.2) is 11.6 Å². The van der Waals surface area contributed by atoms with Gasteiger partial charge in [-0.1, -0.05) is 6.07 Å². The SMILES string of the molecule is CN1CCN(CC(N)c2ccc(F)c(F)c2)C1=O. The third-order valence-corrected chi connectivity index (χ3v) is 3.09. The molecule has 2 N–H and O–H groups in total. The van der Waals surface area contributed by atoms with E-state index in [4.69, 9.17) is 5.73 Å². The van der Waals surface area contributed by atoms with Crippen LogP contribution in [0.25, 0.3) is 0 Å². The fourth-order valence-electron chi connectivity index (χ4n) is 1.96. The maximum Gasteiger partial charge on any atom is 0.319 e. The zero-order valence-corrected chi connectivity index (χ0v) is 10.1. The molecule has 18 heavy (non-hydrogen) atoms. The number of hydrogen-bond donors (Lipinski definition) is 1. The van der Waals surface area contributed by atoms with Crippen LogP contribution in [0.3, 0.4) is 0 Å². The van der Waals surface area contributed by atoms with E-state index in [1.165, 1.54) is 6.07 Å². The van der Waals surface area contributed by atoms with Crippen LogP contribution >= 0.6 is 0 Å². The molecule has 1 atom stereocenters. The second-order valence-electron chi connectivity index (χ2n) is 4.43. The topological polar surface area (TPSA) is 49.6 Å². The molecular formula is C12H15F2N3O. The smallest absolute Gasteiger partial charge is 0.319 e. The summed E-state index contributed by atoms with van der Waals surface area (Å²) in [6.07, 6.45) is 0. The summed E-state index contributed by atoms with van der Waals surface area (Å²) >= 11 is 0. The molecule has 6 heteroatoms. The number of amides is 2. The first-order chi connectivity index (χ1) is 8.49. The minimum atomic E-state index is -0.923. The maximum atomic E-state index is 13.1. The van der Waals surface area contributed by atoms with E-state index in [1.54, 1.807) is 16.8 Å². The van der Waals surface area contributed by atoms with E-state index in [1.807, 2.05) is 0 Å². The van der Waals surface area contributed by atoms with Gasteiger partial charge in [0, 0.05) is 32.7 Å². The van der Waals surface area contributed by atoms with Gasteiger partial charge in [-0.05, 0) is 17.7 Å². The lowest BCUT2D eigenvalue weighted by atomic mass is 10.1. The number of urea groups is 1. The van der Waals surface area contributed by atoms with Crippen molar-refractivity contribution >= 4 is 6.03 Å². The van der Waals surface area contributed by atoms with Gasteiger partial charge >= 0.3 is 6.03 Å². The van der Waals surface area contributed by atoms with Crippen LogP contribution in [0.4, 0.5) is 13.6 Å². The van der Waals surface area contributed by atoms with Crippen LogP contribution in [0.15, 0.2) is 18.2 Å². The molecule has 0 aliphatic carbocycles. The van der Waals surface area contributed by atoms with Gasteiger partial charge in [-0.3, -0.25) is 0 Å². The number of rotatable bonds is 3. The van der Waals surface area contributed by atoms with Crippen LogP contribution in [-0.2, 0) is 0 Å². The Morgan fingerprint density at radius 1 is 1.33 bits per heavy atom. The highest BCUT2D eigenvalue weighted by molar-refractivity contribution is 5.76. The summed E-state index contributed by atoms with van der Waals surface area (Å²) in [4.78, 5) is 14.9. The third kappa shape index (κ3) is 2.43. The molecule has 0 spiro atoms. The summed E-state index contributed by atoms with van der Waals surface area (Å²) in [6.45, 7) is 1.56. The van der Waals surface area contributed by atoms with Gasteiger partial charge in [0.2, 0.25) is 0 Å². The van der Waals surface area contributed by atoms with Crippen molar-refractivity contribution in [1.82, 2.24) is 9.80 Å². The zero-order chi connectivity index (χ0) is 13.3. The van der Waals surface area contributed by atoms with Crippen LogP contribution in [0.2, 0.25) is 0 Å². The Hall–Kier alpha value is -1.69. The molecule has 1 aromatic rings. The first-order valence-electron chi connectivity index (χ1n) is 5.69. The summed E-state index contributed by atoms with van der Waals surface area (Å²) in [5, 5.41) is 0. The first-order valence-corrected chi connectivity index (χ1v) is 5.69. The standard InChI is InChI=1S/C12H15F2N3O/c1-16-4-5-17(12(16)18)7-11(15)8-2-3-9(13)10(14)6-8/h2-3,6,11H,4-5,7,15H2,1H3. The first kappa shape index (κ1) is 12.8. The van der Waals surface area contributed by atoms with E-state index in [-0.39, 0.29) is 6.03 Å². The molecule has 0 saturated carbocycles. The summed E-state index contributed by atoms with van der Waals surface area (Å²) in [6, 6.07) is 2.95. The van der Waals surface area contributed by atoms with Crippen LogP contribution in [-0.4, -0.2) is 42.5 Å². The van der Waals surface area contributed by atoms with E-state index in [0.717, 1.165) is 12.1 Å². The number of nitrogens with zero attached hydrogens (tertiary/aromatic N) is 2. The molecule has 0 aromatic heterocycles. The fourth-order valence-corrected chi connectivity index (χ4v) is 1.96. The Bertz CT molecular complexity index is 467. The van der Waals surface area contributed by atoms with Gasteiger partial charge in [0.25, 0.3) is 0 Å². The Morgan fingerprint density at radius 2 is 2.06 bits per heavy atom. The quantitative estimate of drug-likeness (QED) is 0.886. The fraction of sp³-hybridized carbons (Fsp3) is 0.417. The van der Waals surface area contributed by atoms with Crippen LogP contribution in [0.5, 0.6) is 0 Å². The second-order valence-corrected chi connectivity index (χ2v) is 4.43. The molecule has 1 aliphatic heterocycles. The number of benzene rings is 1. The highest BCUT2D eigenvalue weighted by Gasteiger charge is 2.27. The lowest BCUT2D eigenvalue weighted by Crippen LogP contribution is -2.35. The zero-order valence-electron chi connectivity index (χ0n) is 10.1. The van der Waals surface area contributed by atoms with Gasteiger partial charge in [-0.2, -0.15) is 0 Å². The van der Waals surface area contributed by atoms with Crippen molar-refractivity contribution in [2.75, 3.05) is 26.7 Å². The minimum Gasteiger partial charge on any atom is -0.326 e. The Morgan fingerprint density at radius 3 is 2.61 bits per heavy atom. The molecule has 1 saturated heterocycles. The summed E-state index contributed by atoms with van der Waals surface area (Å²) in [5.74, 6) is -1.82. The predicted molar refractivity (Wildman–Crippen MR) is 62.9 cm³/mol. The van der Waals surface area contributed by atoms with Crippen molar-refractivity contribution in [2.24, 2.45) is 5.73 Å². The number of hydrogen-bond acceptors (Lipinski definition) is 2. The molecule has 1 unspecified atom stereocenters. The second kappa shape index (κ2) is 4.89. The van der Waals surface area contributed by atoms with Gasteiger partial charge in [-0.25, -0.2) is 13.6 Å². The van der Waals surface area contributed by atoms with Crippen molar-refractivity contribution in [3.63, 3.8) is 0 Å². The van der Waals surface area contributed by atoms with Crippen molar-refractivity contribution in [1.29, 1.82) is 0 Å². The lowest BCUT2D eigenvalue weighted by Gasteiger charge is -2.21. The number of likely N-dealkylation sites (N-methyl/N-ethyl adjacent to an activating group) is 1. The average Bonchev–Trinajstić information content (AvgIpc) is 2.64. The Labute approximate surface area is 104 Å². The van der Waals surface area contributed by atoms with Crippen LogP contribution < -0.4 is 5.73 Å². The number of carbonyl (C=O) groups excluding carboxylic acids is 1. The molecule has 1 fully saturated rings. The van der Waals surface area contributed by atoms with Crippen LogP contribution in [0.1, 0.15) is 11.6 Å². The molecule has 2 amide bonds. The van der Waals surface area contributed by atoms with Gasteiger partial charge < -0.3 is 15.5 Å². The van der Waals surface area contributed by atoms with Gasteiger partial charge in [0.1, 0.15) is 0 Å². The maximum absolute atomic E-state index is 13.1. The molecular weight excluding hydrogens is 240 g/mol. The van der Waals surface area contributed by atoms with Crippen LogP contribution in [0, 0.1) is 11.6 Å². The third-order valence-electron chi connectivity index (χ3n) is 3.09. The van der Waals surface area contributed by atoms with E-state index in [0.29, 0.717) is 25.2 Å². The molecule has 4 nitrogen and oxygen atoms in total. The number of nitrogens with two attached hydrogens (primary N) is 1. The Balaban J connectivity index is 2.05. The molecule has 1 heterocycles. The highest BCUT2D eigenvalue weighted by atomic mass is 19.2. The summed E-state index contributed by atoms with van der Waals surface area (Å²) in [7, 11) is 1.71. The van der Waals surface area contributed by atoms with Gasteiger partial charge in [0.05, 0.1) is 0 Å². The van der Waals surface area contributed by atoms with Gasteiger partial charge in [-0.15, -0.1) is 0 Å². The van der Waals surface area contributed by atoms with E-state index in [9.17, 15) is 13.6 Å². The summed E-state index contributed by atoms with van der Waals surface area (Å²) in [5.41, 5.74) is 6.38. The normalized spacial score (nSPS) is 17.4. The molecule has 1 aromatic carbocycles. The molecule has 1 aliphatic rings. The van der Waals surface area contributed by atoms with Crippen molar-refractivity contribution in [3.8, 4) is 0 Å². The lowest BCUT2D eigenvalue weighted by molar-refractivity contribution is 0.196. The molecule has 2 rings (SSSR count). The monoisotopic (exact) mass is 255 g/mol. The van der Waals surface area contributed by atoms with E-state index < -0.39 is 17.7 Å². The molecule has 98 valence electrons. The average molecular weight is 255 g/mol. The molecule has 0 radical (unpaired) electrons. The highest BCUT2D eigenvalue weighted by Crippen LogP contribution is 2.17. The molecule has 0 bridgehead atoms. The van der Waals surface area contributed by atoms with Crippen molar-refractivity contribution in [2.45, 2.75) is 6.04 Å². The Kier molecular flexibility index (Phi) is 3.47. The van der Waals surface area contributed by atoms with E-state index in [2.05, 4.69) is 0 Å². The largest absolute Gasteiger partial charge is 0.326 e. The number of carbonyl (C=O) groups is 1. The van der Waals surface area contributed by atoms with Crippen molar-refractivity contribution in [3.05, 3.63) is 35.4 Å². The predicted octanol–water partition coefficient (Wildman–Crippen LogP) is 1.33. The minimum absolute atomic E-state index is 0.0898. The summed E-state index contributed by atoms with van der Waals surface area (Å²) < 4.78 is 25.9. The van der Waals surface area contributed by atoms with Crippen molar-refractivity contribution < 1.29 is 13.6 Å². The number of halogens is 2.